The minimum Gasteiger partial charge on any atom is -0.376 e. The first-order chi connectivity index (χ1) is 4.86. The first-order valence-corrected chi connectivity index (χ1v) is 3.18. The van der Waals surface area contributed by atoms with Gasteiger partial charge >= 0.3 is 0 Å². The summed E-state index contributed by atoms with van der Waals surface area (Å²) in [6.07, 6.45) is 5.66. The van der Waals surface area contributed by atoms with E-state index in [4.69, 9.17) is 4.52 Å². The molecule has 3 heteroatoms. The maximum absolute atomic E-state index is 4.94. The molecule has 1 aromatic rings. The third-order valence-corrected chi connectivity index (χ3v) is 1.58. The van der Waals surface area contributed by atoms with Crippen LogP contribution in [0.5, 0.6) is 0 Å². The van der Waals surface area contributed by atoms with E-state index in [1.165, 1.54) is 0 Å². The number of nitrogens with zero attached hydrogens (tertiary/aromatic N) is 2. The van der Waals surface area contributed by atoms with Gasteiger partial charge < -0.3 is 9.42 Å². The molecule has 0 amide bonds. The van der Waals surface area contributed by atoms with Crippen molar-refractivity contribution in [1.29, 1.82) is 0 Å². The van der Waals surface area contributed by atoms with E-state index in [0.29, 0.717) is 0 Å². The molecule has 0 spiro atoms. The smallest absolute Gasteiger partial charge is 0.166 e. The normalized spacial score (nSPS) is 15.5. The molecule has 0 fully saturated rings. The van der Waals surface area contributed by atoms with Crippen molar-refractivity contribution in [3.63, 3.8) is 0 Å². The van der Waals surface area contributed by atoms with Gasteiger partial charge in [-0.25, -0.2) is 0 Å². The summed E-state index contributed by atoms with van der Waals surface area (Å²) < 4.78 is 4.94. The van der Waals surface area contributed by atoms with Crippen LogP contribution in [0.15, 0.2) is 16.9 Å². The maximum atomic E-state index is 4.94. The second kappa shape index (κ2) is 1.87. The molecule has 52 valence electrons. The molecule has 1 aliphatic heterocycles. The topological polar surface area (TPSA) is 29.3 Å². The van der Waals surface area contributed by atoms with E-state index in [2.05, 4.69) is 10.1 Å². The van der Waals surface area contributed by atoms with Crippen LogP contribution < -0.4 is 0 Å². The summed E-state index contributed by atoms with van der Waals surface area (Å²) in [6.45, 7) is 0.898. The first-order valence-electron chi connectivity index (χ1n) is 3.18. The van der Waals surface area contributed by atoms with Gasteiger partial charge in [0.1, 0.15) is 0 Å². The average molecular weight is 136 g/mol. The fourth-order valence-corrected chi connectivity index (χ4v) is 1.04. The Morgan fingerprint density at radius 2 is 2.60 bits per heavy atom. The van der Waals surface area contributed by atoms with Crippen LogP contribution in [-0.4, -0.2) is 17.1 Å². The standard InChI is InChI=1S/C7H8N2O/c1-9-3-2-7-6(5-9)4-8-10-7/h2-4H,5H2,1H3. The number of hydrogen-bond acceptors (Lipinski definition) is 3. The fourth-order valence-electron chi connectivity index (χ4n) is 1.04. The number of fused-ring (bicyclic) bond motifs is 1. The molecule has 2 heterocycles. The van der Waals surface area contributed by atoms with Crippen molar-refractivity contribution in [3.05, 3.63) is 23.7 Å². The summed E-state index contributed by atoms with van der Waals surface area (Å²) in [5, 5.41) is 3.69. The molecule has 3 nitrogen and oxygen atoms in total. The fraction of sp³-hybridized carbons (Fsp3) is 0.286. The minimum absolute atomic E-state index is 0.887. The van der Waals surface area contributed by atoms with Gasteiger partial charge in [-0.3, -0.25) is 0 Å². The quantitative estimate of drug-likeness (QED) is 0.534. The van der Waals surface area contributed by atoms with E-state index in [0.717, 1.165) is 17.9 Å². The lowest BCUT2D eigenvalue weighted by Gasteiger charge is -2.15. The Morgan fingerprint density at radius 3 is 3.50 bits per heavy atom. The number of hydrogen-bond donors (Lipinski definition) is 0. The maximum Gasteiger partial charge on any atom is 0.166 e. The molecular weight excluding hydrogens is 128 g/mol. The van der Waals surface area contributed by atoms with Gasteiger partial charge in [0.25, 0.3) is 0 Å². The van der Waals surface area contributed by atoms with E-state index < -0.39 is 0 Å². The molecule has 0 saturated carbocycles. The van der Waals surface area contributed by atoms with Gasteiger partial charge in [-0.1, -0.05) is 5.16 Å². The molecule has 0 aromatic carbocycles. The zero-order valence-electron chi connectivity index (χ0n) is 5.74. The van der Waals surface area contributed by atoms with Gasteiger partial charge in [0.15, 0.2) is 5.76 Å². The van der Waals surface area contributed by atoms with E-state index in [1.54, 1.807) is 6.20 Å². The largest absolute Gasteiger partial charge is 0.376 e. The Kier molecular flexibility index (Phi) is 1.03. The number of aromatic nitrogens is 1. The monoisotopic (exact) mass is 136 g/mol. The van der Waals surface area contributed by atoms with Crippen LogP contribution in [0.2, 0.25) is 0 Å². The van der Waals surface area contributed by atoms with Crippen LogP contribution in [0.3, 0.4) is 0 Å². The van der Waals surface area contributed by atoms with Gasteiger partial charge in [-0.2, -0.15) is 0 Å². The third-order valence-electron chi connectivity index (χ3n) is 1.58. The zero-order valence-corrected chi connectivity index (χ0v) is 5.74. The Hall–Kier alpha value is -1.25. The van der Waals surface area contributed by atoms with E-state index in [1.807, 2.05) is 19.3 Å². The molecule has 1 aromatic heterocycles. The van der Waals surface area contributed by atoms with Crippen molar-refractivity contribution < 1.29 is 4.52 Å². The molecule has 0 unspecified atom stereocenters. The van der Waals surface area contributed by atoms with Gasteiger partial charge in [0.05, 0.1) is 6.20 Å². The summed E-state index contributed by atoms with van der Waals surface area (Å²) in [4.78, 5) is 2.08. The summed E-state index contributed by atoms with van der Waals surface area (Å²) in [7, 11) is 2.02. The Bertz CT molecular complexity index is 264. The molecule has 0 radical (unpaired) electrons. The van der Waals surface area contributed by atoms with Crippen LogP contribution in [0.25, 0.3) is 6.08 Å². The van der Waals surface area contributed by atoms with Gasteiger partial charge in [0, 0.05) is 25.4 Å². The predicted octanol–water partition coefficient (Wildman–Crippen LogP) is 1.09. The lowest BCUT2D eigenvalue weighted by atomic mass is 10.2. The summed E-state index contributed by atoms with van der Waals surface area (Å²) in [5.74, 6) is 0.887. The third kappa shape index (κ3) is 0.708. The number of rotatable bonds is 0. The average Bonchev–Trinajstić information content (AvgIpc) is 2.33. The first kappa shape index (κ1) is 5.53. The molecule has 0 bridgehead atoms. The second-order valence-corrected chi connectivity index (χ2v) is 2.45. The van der Waals surface area contributed by atoms with E-state index >= 15 is 0 Å². The minimum atomic E-state index is 0.887. The van der Waals surface area contributed by atoms with Crippen LogP contribution in [0.4, 0.5) is 0 Å². The Morgan fingerprint density at radius 1 is 1.70 bits per heavy atom. The lowest BCUT2D eigenvalue weighted by molar-refractivity contribution is 0.396. The molecule has 0 N–H and O–H groups in total. The van der Waals surface area contributed by atoms with Crippen molar-refractivity contribution >= 4 is 6.08 Å². The van der Waals surface area contributed by atoms with E-state index in [-0.39, 0.29) is 0 Å². The lowest BCUT2D eigenvalue weighted by Crippen LogP contribution is -2.12. The van der Waals surface area contributed by atoms with Crippen LogP contribution in [-0.2, 0) is 6.54 Å². The van der Waals surface area contributed by atoms with Crippen LogP contribution in [0, 0.1) is 0 Å². The highest BCUT2D eigenvalue weighted by atomic mass is 16.5. The highest BCUT2D eigenvalue weighted by Gasteiger charge is 2.10. The van der Waals surface area contributed by atoms with Crippen molar-refractivity contribution in [2.75, 3.05) is 7.05 Å². The molecular formula is C7H8N2O. The highest BCUT2D eigenvalue weighted by Crippen LogP contribution is 2.16. The second-order valence-electron chi connectivity index (χ2n) is 2.45. The van der Waals surface area contributed by atoms with Gasteiger partial charge in [-0.05, 0) is 6.08 Å². The molecule has 0 aliphatic carbocycles. The summed E-state index contributed by atoms with van der Waals surface area (Å²) >= 11 is 0. The highest BCUT2D eigenvalue weighted by molar-refractivity contribution is 5.48. The van der Waals surface area contributed by atoms with Crippen LogP contribution >= 0.6 is 0 Å². The van der Waals surface area contributed by atoms with Gasteiger partial charge in [-0.15, -0.1) is 0 Å². The van der Waals surface area contributed by atoms with Crippen LogP contribution in [0.1, 0.15) is 11.3 Å². The van der Waals surface area contributed by atoms with Crippen molar-refractivity contribution in [2.45, 2.75) is 6.54 Å². The van der Waals surface area contributed by atoms with Crippen molar-refractivity contribution in [1.82, 2.24) is 10.1 Å². The van der Waals surface area contributed by atoms with Crippen molar-refractivity contribution in [3.8, 4) is 0 Å². The van der Waals surface area contributed by atoms with Crippen molar-refractivity contribution in [2.24, 2.45) is 0 Å². The Labute approximate surface area is 58.9 Å². The Balaban J connectivity index is 2.43. The molecule has 10 heavy (non-hydrogen) atoms. The SMILES string of the molecule is CN1C=Cc2oncc2C1. The molecule has 1 aliphatic rings. The molecule has 2 rings (SSSR count). The van der Waals surface area contributed by atoms with E-state index in [9.17, 15) is 0 Å². The summed E-state index contributed by atoms with van der Waals surface area (Å²) in [5.41, 5.74) is 1.16. The molecule has 0 saturated heterocycles. The molecule has 0 atom stereocenters. The zero-order chi connectivity index (χ0) is 6.97. The van der Waals surface area contributed by atoms with Gasteiger partial charge in [0.2, 0.25) is 0 Å². The summed E-state index contributed by atoms with van der Waals surface area (Å²) in [6, 6.07) is 0. The predicted molar refractivity (Wildman–Crippen MR) is 37.0 cm³/mol.